The van der Waals surface area contributed by atoms with E-state index in [1.54, 1.807) is 24.3 Å². The summed E-state index contributed by atoms with van der Waals surface area (Å²) >= 11 is 10.9. The van der Waals surface area contributed by atoms with Gasteiger partial charge >= 0.3 is 6.03 Å². The second-order valence-electron chi connectivity index (χ2n) is 7.34. The van der Waals surface area contributed by atoms with Crippen LogP contribution in [-0.4, -0.2) is 23.5 Å². The van der Waals surface area contributed by atoms with Gasteiger partial charge in [-0.15, -0.1) is 0 Å². The molecule has 0 fully saturated rings. The van der Waals surface area contributed by atoms with Crippen molar-refractivity contribution in [2.24, 2.45) is 0 Å². The molecule has 0 aliphatic carbocycles. The lowest BCUT2D eigenvalue weighted by Gasteiger charge is -2.10. The number of amides is 3. The van der Waals surface area contributed by atoms with E-state index >= 15 is 0 Å². The van der Waals surface area contributed by atoms with Gasteiger partial charge in [-0.25, -0.2) is 9.78 Å². The number of nitrogens with zero attached hydrogens (tertiary/aromatic N) is 1. The van der Waals surface area contributed by atoms with Crippen LogP contribution in [0, 0.1) is 6.92 Å². The highest BCUT2D eigenvalue weighted by molar-refractivity contribution is 9.10. The summed E-state index contributed by atoms with van der Waals surface area (Å²) in [6.45, 7) is 2.39. The van der Waals surface area contributed by atoms with Crippen LogP contribution in [0.3, 0.4) is 0 Å². The summed E-state index contributed by atoms with van der Waals surface area (Å²) in [5.74, 6) is -0.262. The summed E-state index contributed by atoms with van der Waals surface area (Å²) in [7, 11) is 0. The molecule has 0 bridgehead atoms. The van der Waals surface area contributed by atoms with Gasteiger partial charge < -0.3 is 10.6 Å². The molecule has 6 nitrogen and oxygen atoms in total. The normalized spacial score (nSPS) is 10.8. The highest BCUT2D eigenvalue weighted by Gasteiger charge is 2.13. The van der Waals surface area contributed by atoms with Crippen molar-refractivity contribution in [3.8, 4) is 0 Å². The predicted octanol–water partition coefficient (Wildman–Crippen LogP) is 6.64. The van der Waals surface area contributed by atoms with Crippen molar-refractivity contribution in [3.63, 3.8) is 0 Å². The highest BCUT2D eigenvalue weighted by atomic mass is 79.9. The van der Waals surface area contributed by atoms with E-state index in [1.165, 1.54) is 11.3 Å². The predicted molar refractivity (Wildman–Crippen MR) is 139 cm³/mol. The van der Waals surface area contributed by atoms with Gasteiger partial charge in [0, 0.05) is 16.6 Å². The molecule has 4 rings (SSSR count). The van der Waals surface area contributed by atoms with Crippen LogP contribution in [0.2, 0.25) is 5.02 Å². The fraction of sp³-hybridized carbons (Fsp3) is 0.125. The zero-order chi connectivity index (χ0) is 23.4. The minimum Gasteiger partial charge on any atom is -0.337 e. The van der Waals surface area contributed by atoms with E-state index in [0.717, 1.165) is 26.7 Å². The molecule has 1 heterocycles. The number of hydrogen-bond donors (Lipinski definition) is 3. The van der Waals surface area contributed by atoms with Gasteiger partial charge in [0.15, 0.2) is 5.13 Å². The van der Waals surface area contributed by atoms with Gasteiger partial charge in [0.1, 0.15) is 0 Å². The Balaban J connectivity index is 1.37. The number of thiazole rings is 1. The Morgan fingerprint density at radius 3 is 2.61 bits per heavy atom. The van der Waals surface area contributed by atoms with Crippen molar-refractivity contribution in [3.05, 3.63) is 86.8 Å². The van der Waals surface area contributed by atoms with E-state index in [9.17, 15) is 9.59 Å². The molecule has 0 unspecified atom stereocenters. The van der Waals surface area contributed by atoms with E-state index < -0.39 is 0 Å². The molecular formula is C24H20BrClN4O2S. The number of urea groups is 1. The molecule has 3 N–H and O–H groups in total. The van der Waals surface area contributed by atoms with Crippen LogP contribution >= 0.6 is 38.9 Å². The first kappa shape index (κ1) is 23.2. The largest absolute Gasteiger partial charge is 0.337 e. The molecular weight excluding hydrogens is 524 g/mol. The lowest BCUT2D eigenvalue weighted by molar-refractivity contribution is 0.102. The summed E-state index contributed by atoms with van der Waals surface area (Å²) in [5.41, 5.74) is 3.80. The number of benzene rings is 3. The minimum atomic E-state index is -0.321. The van der Waals surface area contributed by atoms with Gasteiger partial charge in [-0.05, 0) is 60.9 Å². The number of carbonyl (C=O) groups is 2. The molecule has 0 aliphatic heterocycles. The summed E-state index contributed by atoms with van der Waals surface area (Å²) in [4.78, 5) is 29.4. The zero-order valence-corrected chi connectivity index (χ0v) is 20.8. The molecule has 0 atom stereocenters. The third kappa shape index (κ3) is 5.90. The number of carbonyl (C=O) groups excluding carboxylic acids is 2. The van der Waals surface area contributed by atoms with Crippen LogP contribution in [0.25, 0.3) is 10.2 Å². The van der Waals surface area contributed by atoms with Gasteiger partial charge in [-0.1, -0.05) is 63.1 Å². The minimum absolute atomic E-state index is 0.262. The van der Waals surface area contributed by atoms with Gasteiger partial charge in [-0.3, -0.25) is 10.1 Å². The number of aryl methyl sites for hydroxylation is 1. The molecule has 4 aromatic rings. The number of para-hydroxylation sites is 1. The van der Waals surface area contributed by atoms with E-state index in [2.05, 4.69) is 36.9 Å². The zero-order valence-electron chi connectivity index (χ0n) is 17.6. The van der Waals surface area contributed by atoms with Crippen LogP contribution in [0.15, 0.2) is 65.1 Å². The van der Waals surface area contributed by atoms with Crippen LogP contribution in [-0.2, 0) is 6.42 Å². The lowest BCUT2D eigenvalue weighted by atomic mass is 10.1. The smallest absolute Gasteiger partial charge is 0.321 e. The summed E-state index contributed by atoms with van der Waals surface area (Å²) in [6.07, 6.45) is 0.726. The molecule has 168 valence electrons. The SMILES string of the molecule is Cc1cccc(Cl)c1NC(=O)c1ccc2nc(NC(=O)NCCc3ccc(Br)cc3)sc2c1. The van der Waals surface area contributed by atoms with Crippen LogP contribution in [0.1, 0.15) is 21.5 Å². The first-order valence-electron chi connectivity index (χ1n) is 10.2. The molecule has 0 spiro atoms. The van der Waals surface area contributed by atoms with Crippen molar-refractivity contribution >= 4 is 71.8 Å². The molecule has 33 heavy (non-hydrogen) atoms. The molecule has 0 aliphatic rings. The van der Waals surface area contributed by atoms with E-state index in [4.69, 9.17) is 11.6 Å². The standard InChI is InChI=1S/C24H20BrClN4O2S/c1-14-3-2-4-18(26)21(14)29-22(31)16-7-10-19-20(13-16)33-24(28-19)30-23(32)27-12-11-15-5-8-17(25)9-6-15/h2-10,13H,11-12H2,1H3,(H,29,31)(H2,27,28,30,32). The van der Waals surface area contributed by atoms with Crippen molar-refractivity contribution in [1.82, 2.24) is 10.3 Å². The average molecular weight is 544 g/mol. The maximum atomic E-state index is 12.7. The highest BCUT2D eigenvalue weighted by Crippen LogP contribution is 2.29. The maximum absolute atomic E-state index is 12.7. The van der Waals surface area contributed by atoms with E-state index in [1.807, 2.05) is 43.3 Å². The second kappa shape index (κ2) is 10.3. The molecule has 0 saturated heterocycles. The Kier molecular flexibility index (Phi) is 7.27. The van der Waals surface area contributed by atoms with Gasteiger partial charge in [0.25, 0.3) is 5.91 Å². The number of fused-ring (bicyclic) bond motifs is 1. The first-order valence-corrected chi connectivity index (χ1v) is 12.1. The fourth-order valence-corrected chi connectivity index (χ4v) is 4.64. The molecule has 1 aromatic heterocycles. The first-order chi connectivity index (χ1) is 15.9. The Morgan fingerprint density at radius 1 is 1.06 bits per heavy atom. The topological polar surface area (TPSA) is 83.1 Å². The van der Waals surface area contributed by atoms with Crippen molar-refractivity contribution < 1.29 is 9.59 Å². The second-order valence-corrected chi connectivity index (χ2v) is 9.70. The molecule has 9 heteroatoms. The van der Waals surface area contributed by atoms with Gasteiger partial charge in [-0.2, -0.15) is 0 Å². The lowest BCUT2D eigenvalue weighted by Crippen LogP contribution is -2.30. The average Bonchev–Trinajstić information content (AvgIpc) is 3.19. The molecule has 0 radical (unpaired) electrons. The fourth-order valence-electron chi connectivity index (χ4n) is 3.21. The quantitative estimate of drug-likeness (QED) is 0.255. The van der Waals surface area contributed by atoms with Gasteiger partial charge in [0.2, 0.25) is 0 Å². The Labute approximate surface area is 208 Å². The molecule has 3 aromatic carbocycles. The molecule has 0 saturated carbocycles. The third-order valence-electron chi connectivity index (χ3n) is 4.94. The summed E-state index contributed by atoms with van der Waals surface area (Å²) < 4.78 is 1.82. The van der Waals surface area contributed by atoms with Crippen LogP contribution in [0.5, 0.6) is 0 Å². The monoisotopic (exact) mass is 542 g/mol. The maximum Gasteiger partial charge on any atom is 0.321 e. The number of nitrogens with one attached hydrogen (secondary N) is 3. The van der Waals surface area contributed by atoms with Crippen molar-refractivity contribution in [1.29, 1.82) is 0 Å². The number of aromatic nitrogens is 1. The number of anilines is 2. The van der Waals surface area contributed by atoms with E-state index in [-0.39, 0.29) is 11.9 Å². The van der Waals surface area contributed by atoms with Crippen molar-refractivity contribution in [2.45, 2.75) is 13.3 Å². The third-order valence-corrected chi connectivity index (χ3v) is 6.72. The Hall–Kier alpha value is -2.94. The number of rotatable bonds is 6. The van der Waals surface area contributed by atoms with Crippen molar-refractivity contribution in [2.75, 3.05) is 17.2 Å². The number of hydrogen-bond acceptors (Lipinski definition) is 4. The summed E-state index contributed by atoms with van der Waals surface area (Å²) in [6, 6.07) is 18.3. The van der Waals surface area contributed by atoms with Crippen LogP contribution in [0.4, 0.5) is 15.6 Å². The summed E-state index contributed by atoms with van der Waals surface area (Å²) in [5, 5.41) is 9.42. The molecule has 3 amide bonds. The van der Waals surface area contributed by atoms with Gasteiger partial charge in [0.05, 0.1) is 20.9 Å². The van der Waals surface area contributed by atoms with Crippen LogP contribution < -0.4 is 16.0 Å². The number of halogens is 2. The Bertz CT molecular complexity index is 1300. The van der Waals surface area contributed by atoms with E-state index in [0.29, 0.717) is 33.5 Å². The Morgan fingerprint density at radius 2 is 1.85 bits per heavy atom.